The minimum absolute atomic E-state index is 0.468. The second-order valence-electron chi connectivity index (χ2n) is 3.34. The molecule has 1 aliphatic heterocycles. The Hall–Kier alpha value is 0.0900. The monoisotopic (exact) mass is 142 g/mol. The van der Waals surface area contributed by atoms with E-state index in [1.165, 1.54) is 17.1 Å². The summed E-state index contributed by atoms with van der Waals surface area (Å²) < 4.78 is 0. The van der Waals surface area contributed by atoms with Crippen LogP contribution in [0, 0.1) is 5.41 Å². The minimum atomic E-state index is 0.468. The summed E-state index contributed by atoms with van der Waals surface area (Å²) >= 11 is 1.98. The van der Waals surface area contributed by atoms with E-state index in [1.807, 2.05) is 11.8 Å². The van der Waals surface area contributed by atoms with Crippen LogP contribution in [-0.2, 0) is 0 Å². The van der Waals surface area contributed by atoms with Gasteiger partial charge in [-0.2, -0.15) is 0 Å². The summed E-state index contributed by atoms with van der Waals surface area (Å²) in [5, 5.41) is 0. The van der Waals surface area contributed by atoms with Crippen LogP contribution in [0.25, 0.3) is 0 Å². The molecule has 52 valence electrons. The van der Waals surface area contributed by atoms with Crippen LogP contribution in [0.5, 0.6) is 0 Å². The predicted molar refractivity (Wildman–Crippen MR) is 44.6 cm³/mol. The molecule has 0 atom stereocenters. The number of rotatable bonds is 0. The van der Waals surface area contributed by atoms with Crippen LogP contribution in [0.15, 0.2) is 11.0 Å². The number of hydrogen-bond donors (Lipinski definition) is 0. The number of hydrogen-bond acceptors (Lipinski definition) is 1. The molecule has 0 saturated carbocycles. The first-order chi connectivity index (χ1) is 4.10. The quantitative estimate of drug-likeness (QED) is 0.501. The third-order valence-electron chi connectivity index (χ3n) is 1.67. The Kier molecular flexibility index (Phi) is 1.90. The fourth-order valence-corrected chi connectivity index (χ4v) is 2.49. The molecule has 0 fully saturated rings. The molecule has 0 nitrogen and oxygen atoms in total. The summed E-state index contributed by atoms with van der Waals surface area (Å²) in [6.45, 7) is 6.80. The normalized spacial score (nSPS) is 25.4. The molecular weight excluding hydrogens is 128 g/mol. The third kappa shape index (κ3) is 2.05. The Morgan fingerprint density at radius 1 is 1.56 bits per heavy atom. The van der Waals surface area contributed by atoms with Gasteiger partial charge < -0.3 is 0 Å². The zero-order chi connectivity index (χ0) is 6.91. The van der Waals surface area contributed by atoms with Crippen molar-refractivity contribution in [2.45, 2.75) is 27.2 Å². The highest BCUT2D eigenvalue weighted by molar-refractivity contribution is 8.03. The van der Waals surface area contributed by atoms with Gasteiger partial charge in [0.1, 0.15) is 0 Å². The van der Waals surface area contributed by atoms with Gasteiger partial charge in [-0.3, -0.25) is 0 Å². The number of thioether (sulfide) groups is 1. The van der Waals surface area contributed by atoms with E-state index < -0.39 is 0 Å². The third-order valence-corrected chi connectivity index (χ3v) is 2.65. The SMILES string of the molecule is CC1=CC(C)(C)CCS1. The van der Waals surface area contributed by atoms with Gasteiger partial charge in [0.25, 0.3) is 0 Å². The Morgan fingerprint density at radius 2 is 2.22 bits per heavy atom. The second kappa shape index (κ2) is 2.37. The average molecular weight is 142 g/mol. The largest absolute Gasteiger partial charge is 0.131 e. The van der Waals surface area contributed by atoms with Crippen LogP contribution >= 0.6 is 11.8 Å². The van der Waals surface area contributed by atoms with Gasteiger partial charge in [0.2, 0.25) is 0 Å². The van der Waals surface area contributed by atoms with Gasteiger partial charge in [-0.15, -0.1) is 11.8 Å². The maximum atomic E-state index is 2.38. The molecule has 0 bridgehead atoms. The molecule has 0 aromatic carbocycles. The van der Waals surface area contributed by atoms with E-state index in [0.29, 0.717) is 5.41 Å². The highest BCUT2D eigenvalue weighted by atomic mass is 32.2. The van der Waals surface area contributed by atoms with Crippen LogP contribution in [0.2, 0.25) is 0 Å². The molecule has 1 rings (SSSR count). The summed E-state index contributed by atoms with van der Waals surface area (Å²) in [5.41, 5.74) is 0.468. The van der Waals surface area contributed by atoms with Crippen molar-refractivity contribution in [1.82, 2.24) is 0 Å². The summed E-state index contributed by atoms with van der Waals surface area (Å²) in [7, 11) is 0. The van der Waals surface area contributed by atoms with Crippen molar-refractivity contribution < 1.29 is 0 Å². The zero-order valence-electron chi connectivity index (χ0n) is 6.40. The first kappa shape index (κ1) is 7.20. The molecule has 0 saturated heterocycles. The van der Waals surface area contributed by atoms with Crippen molar-refractivity contribution in [2.24, 2.45) is 5.41 Å². The Labute approximate surface area is 61.7 Å². The van der Waals surface area contributed by atoms with E-state index >= 15 is 0 Å². The molecule has 0 unspecified atom stereocenters. The Morgan fingerprint density at radius 3 is 2.56 bits per heavy atom. The first-order valence-electron chi connectivity index (χ1n) is 3.42. The number of allylic oxidation sites excluding steroid dienone is 2. The van der Waals surface area contributed by atoms with Gasteiger partial charge in [0.15, 0.2) is 0 Å². The Bertz CT molecular complexity index is 134. The molecule has 0 amide bonds. The molecular formula is C8H14S. The molecule has 0 aromatic heterocycles. The molecule has 0 spiro atoms. The zero-order valence-corrected chi connectivity index (χ0v) is 7.22. The van der Waals surface area contributed by atoms with Gasteiger partial charge >= 0.3 is 0 Å². The van der Waals surface area contributed by atoms with Crippen molar-refractivity contribution in [2.75, 3.05) is 5.75 Å². The highest BCUT2D eigenvalue weighted by Gasteiger charge is 2.18. The highest BCUT2D eigenvalue weighted by Crippen LogP contribution is 2.34. The van der Waals surface area contributed by atoms with Gasteiger partial charge in [-0.05, 0) is 29.4 Å². The first-order valence-corrected chi connectivity index (χ1v) is 4.41. The van der Waals surface area contributed by atoms with Crippen LogP contribution in [0.1, 0.15) is 27.2 Å². The minimum Gasteiger partial charge on any atom is -0.131 e. The van der Waals surface area contributed by atoms with E-state index in [9.17, 15) is 0 Å². The predicted octanol–water partition coefficient (Wildman–Crippen LogP) is 3.05. The van der Waals surface area contributed by atoms with E-state index in [4.69, 9.17) is 0 Å². The van der Waals surface area contributed by atoms with Crippen molar-refractivity contribution >= 4 is 11.8 Å². The summed E-state index contributed by atoms with van der Waals surface area (Å²) in [5.74, 6) is 1.30. The van der Waals surface area contributed by atoms with E-state index in [0.717, 1.165) is 0 Å². The smallest absolute Gasteiger partial charge is 0.00154 e. The van der Waals surface area contributed by atoms with Crippen molar-refractivity contribution in [3.63, 3.8) is 0 Å². The lowest BCUT2D eigenvalue weighted by Gasteiger charge is -2.25. The van der Waals surface area contributed by atoms with Crippen molar-refractivity contribution in [3.8, 4) is 0 Å². The lowest BCUT2D eigenvalue weighted by atomic mass is 9.90. The lowest BCUT2D eigenvalue weighted by molar-refractivity contribution is 0.461. The lowest BCUT2D eigenvalue weighted by Crippen LogP contribution is -2.12. The van der Waals surface area contributed by atoms with Gasteiger partial charge in [0, 0.05) is 0 Å². The van der Waals surface area contributed by atoms with Crippen molar-refractivity contribution in [3.05, 3.63) is 11.0 Å². The molecule has 1 heteroatoms. The van der Waals surface area contributed by atoms with Gasteiger partial charge in [-0.25, -0.2) is 0 Å². The average Bonchev–Trinajstić information content (AvgIpc) is 1.60. The molecule has 0 aromatic rings. The molecule has 0 aliphatic carbocycles. The van der Waals surface area contributed by atoms with Crippen LogP contribution in [0.4, 0.5) is 0 Å². The Balaban J connectivity index is 2.68. The molecule has 1 heterocycles. The van der Waals surface area contributed by atoms with E-state index in [-0.39, 0.29) is 0 Å². The molecule has 0 radical (unpaired) electrons. The summed E-state index contributed by atoms with van der Waals surface area (Å²) in [6.07, 6.45) is 3.70. The van der Waals surface area contributed by atoms with E-state index in [1.54, 1.807) is 0 Å². The molecule has 1 aliphatic rings. The fraction of sp³-hybridized carbons (Fsp3) is 0.750. The maximum absolute atomic E-state index is 2.38. The van der Waals surface area contributed by atoms with Crippen LogP contribution in [0.3, 0.4) is 0 Å². The van der Waals surface area contributed by atoms with Crippen LogP contribution in [-0.4, -0.2) is 5.75 Å². The van der Waals surface area contributed by atoms with Crippen molar-refractivity contribution in [1.29, 1.82) is 0 Å². The topological polar surface area (TPSA) is 0 Å². The molecule has 0 N–H and O–H groups in total. The van der Waals surface area contributed by atoms with Gasteiger partial charge in [0.05, 0.1) is 0 Å². The van der Waals surface area contributed by atoms with Crippen LogP contribution < -0.4 is 0 Å². The van der Waals surface area contributed by atoms with Gasteiger partial charge in [-0.1, -0.05) is 19.9 Å². The summed E-state index contributed by atoms with van der Waals surface area (Å²) in [4.78, 5) is 1.49. The molecule has 9 heavy (non-hydrogen) atoms. The fourth-order valence-electron chi connectivity index (χ4n) is 1.14. The summed E-state index contributed by atoms with van der Waals surface area (Å²) in [6, 6.07) is 0. The second-order valence-corrected chi connectivity index (χ2v) is 4.68. The van der Waals surface area contributed by atoms with E-state index in [2.05, 4.69) is 26.8 Å². The maximum Gasteiger partial charge on any atom is -0.00154 e. The standard InChI is InChI=1S/C8H14S/c1-7-6-8(2,3)4-5-9-7/h6H,4-5H2,1-3H3.